The first-order valence-corrected chi connectivity index (χ1v) is 8.67. The molecule has 0 spiro atoms. The molecule has 0 N–H and O–H groups in total. The number of carbonyl (C=O) groups excluding carboxylic acids is 4. The number of esters is 2. The minimum Gasteiger partial charge on any atom is -0.460 e. The third-order valence-corrected chi connectivity index (χ3v) is 4.70. The first-order chi connectivity index (χ1) is 12.6. The summed E-state index contributed by atoms with van der Waals surface area (Å²) in [5, 5.41) is 0. The number of carbonyl (C=O) groups is 4. The average molecular weight is 376 g/mol. The van der Waals surface area contributed by atoms with E-state index in [4.69, 9.17) is 15.9 Å². The monoisotopic (exact) mass is 376 g/mol. The van der Waals surface area contributed by atoms with Gasteiger partial charge in [0.05, 0.1) is 18.6 Å². The van der Waals surface area contributed by atoms with E-state index in [0.717, 1.165) is 4.90 Å². The van der Waals surface area contributed by atoms with E-state index in [0.29, 0.717) is 0 Å². The summed E-state index contributed by atoms with van der Waals surface area (Å²) in [4.78, 5) is 49.9. The van der Waals surface area contributed by atoms with Crippen LogP contribution in [0.5, 0.6) is 0 Å². The van der Waals surface area contributed by atoms with Crippen LogP contribution in [0, 0.1) is 29.6 Å². The zero-order chi connectivity index (χ0) is 20.4. The number of nitrogens with zero attached hydrogens (tertiary/aromatic N) is 2. The van der Waals surface area contributed by atoms with E-state index < -0.39 is 36.5 Å². The van der Waals surface area contributed by atoms with Crippen LogP contribution in [0.15, 0.2) is 12.2 Å². The summed E-state index contributed by atoms with van der Waals surface area (Å²) in [5.41, 5.74) is -0.389. The Bertz CT molecular complexity index is 718. The van der Waals surface area contributed by atoms with Crippen LogP contribution < -0.4 is 0 Å². The fourth-order valence-electron chi connectivity index (χ4n) is 3.11. The van der Waals surface area contributed by atoms with Crippen LogP contribution in [-0.4, -0.2) is 59.6 Å². The lowest BCUT2D eigenvalue weighted by Crippen LogP contribution is -2.36. The highest BCUT2D eigenvalue weighted by Crippen LogP contribution is 2.59. The Morgan fingerprint density at radius 2 is 2.04 bits per heavy atom. The Labute approximate surface area is 158 Å². The number of ether oxygens (including phenoxy) is 2. The van der Waals surface area contributed by atoms with Gasteiger partial charge in [0.15, 0.2) is 6.73 Å². The molecule has 146 valence electrons. The van der Waals surface area contributed by atoms with Gasteiger partial charge in [-0.2, -0.15) is 0 Å². The summed E-state index contributed by atoms with van der Waals surface area (Å²) >= 11 is 0. The molecule has 0 bridgehead atoms. The molecular formula is C19H24N2O6. The molecule has 8 heteroatoms. The molecule has 0 aromatic heterocycles. The van der Waals surface area contributed by atoms with E-state index in [9.17, 15) is 19.2 Å². The number of allylic oxidation sites excluding steroid dienone is 1. The number of imide groups is 1. The summed E-state index contributed by atoms with van der Waals surface area (Å²) in [6.07, 6.45) is 7.88. The van der Waals surface area contributed by atoms with Crippen molar-refractivity contribution in [2.45, 2.75) is 33.8 Å². The number of amides is 3. The summed E-state index contributed by atoms with van der Waals surface area (Å²) in [6.45, 7) is 6.70. The number of urea groups is 1. The van der Waals surface area contributed by atoms with Crippen LogP contribution in [0.1, 0.15) is 27.7 Å². The van der Waals surface area contributed by atoms with Gasteiger partial charge in [-0.05, 0) is 25.2 Å². The minimum absolute atomic E-state index is 0.0179. The Kier molecular flexibility index (Phi) is 5.94. The van der Waals surface area contributed by atoms with Crippen LogP contribution in [0.25, 0.3) is 0 Å². The maximum atomic E-state index is 12.4. The second kappa shape index (κ2) is 7.82. The average Bonchev–Trinajstić information content (AvgIpc) is 3.01. The van der Waals surface area contributed by atoms with Gasteiger partial charge < -0.3 is 14.4 Å². The van der Waals surface area contributed by atoms with Gasteiger partial charge in [0.1, 0.15) is 6.54 Å². The van der Waals surface area contributed by atoms with E-state index >= 15 is 0 Å². The molecule has 27 heavy (non-hydrogen) atoms. The van der Waals surface area contributed by atoms with E-state index in [1.165, 1.54) is 11.0 Å². The molecule has 2 rings (SSSR count). The third-order valence-electron chi connectivity index (χ3n) is 4.70. The van der Waals surface area contributed by atoms with Crippen molar-refractivity contribution >= 4 is 23.9 Å². The van der Waals surface area contributed by atoms with Crippen molar-refractivity contribution in [2.75, 3.05) is 19.8 Å². The highest BCUT2D eigenvalue weighted by atomic mass is 16.6. The van der Waals surface area contributed by atoms with Crippen molar-refractivity contribution < 1.29 is 28.7 Å². The van der Waals surface area contributed by atoms with Gasteiger partial charge >= 0.3 is 18.0 Å². The molecule has 2 aliphatic rings. The zero-order valence-corrected chi connectivity index (χ0v) is 15.9. The zero-order valence-electron chi connectivity index (χ0n) is 15.9. The van der Waals surface area contributed by atoms with Crippen molar-refractivity contribution in [3.8, 4) is 12.3 Å². The molecule has 0 radical (unpaired) electrons. The predicted molar refractivity (Wildman–Crippen MR) is 94.7 cm³/mol. The summed E-state index contributed by atoms with van der Waals surface area (Å²) in [5.74, 6) is 0.186. The first kappa shape index (κ1) is 20.5. The second-order valence-corrected chi connectivity index (χ2v) is 7.43. The molecule has 0 aromatic rings. The highest BCUT2D eigenvalue weighted by molar-refractivity contribution is 6.02. The van der Waals surface area contributed by atoms with Gasteiger partial charge in [-0.15, -0.1) is 6.42 Å². The van der Waals surface area contributed by atoms with Gasteiger partial charge in [0, 0.05) is 6.08 Å². The molecule has 0 unspecified atom stereocenters. The molecule has 3 amide bonds. The normalized spacial score (nSPS) is 23.7. The van der Waals surface area contributed by atoms with E-state index in [1.807, 2.05) is 13.8 Å². The SMILES string of the molecule is C#CCN1CC(=O)N(COC(=O)[C@@H]2[C@H](/C=C\C(=O)OC(C)C)C2(C)C)C1=O. The number of hydrogen-bond donors (Lipinski definition) is 0. The van der Waals surface area contributed by atoms with E-state index in [2.05, 4.69) is 5.92 Å². The van der Waals surface area contributed by atoms with Crippen LogP contribution in [0.3, 0.4) is 0 Å². The van der Waals surface area contributed by atoms with Crippen molar-refractivity contribution in [3.05, 3.63) is 12.2 Å². The fourth-order valence-corrected chi connectivity index (χ4v) is 3.11. The molecule has 2 fully saturated rings. The highest BCUT2D eigenvalue weighted by Gasteiger charge is 2.61. The molecule has 1 aliphatic carbocycles. The minimum atomic E-state index is -0.575. The predicted octanol–water partition coefficient (Wildman–Crippen LogP) is 1.16. The van der Waals surface area contributed by atoms with Gasteiger partial charge in [-0.25, -0.2) is 14.5 Å². The second-order valence-electron chi connectivity index (χ2n) is 7.43. The van der Waals surface area contributed by atoms with Gasteiger partial charge in [-0.1, -0.05) is 25.8 Å². The number of hydrogen-bond acceptors (Lipinski definition) is 6. The van der Waals surface area contributed by atoms with Crippen molar-refractivity contribution in [3.63, 3.8) is 0 Å². The van der Waals surface area contributed by atoms with Crippen molar-refractivity contribution in [2.24, 2.45) is 17.3 Å². The fraction of sp³-hybridized carbons (Fsp3) is 0.579. The molecule has 1 heterocycles. The quantitative estimate of drug-likeness (QED) is 0.287. The van der Waals surface area contributed by atoms with Crippen LogP contribution in [0.2, 0.25) is 0 Å². The number of terminal acetylenes is 1. The van der Waals surface area contributed by atoms with E-state index in [1.54, 1.807) is 19.9 Å². The Hall–Kier alpha value is -2.82. The largest absolute Gasteiger partial charge is 0.460 e. The Morgan fingerprint density at radius 3 is 2.63 bits per heavy atom. The molecule has 1 aliphatic heterocycles. The summed E-state index contributed by atoms with van der Waals surface area (Å²) < 4.78 is 10.2. The number of rotatable bonds is 7. The van der Waals surface area contributed by atoms with Crippen LogP contribution in [0.4, 0.5) is 4.79 Å². The molecule has 1 saturated carbocycles. The Balaban J connectivity index is 1.90. The first-order valence-electron chi connectivity index (χ1n) is 8.67. The molecule has 2 atom stereocenters. The molecule has 0 aromatic carbocycles. The molecular weight excluding hydrogens is 352 g/mol. The lowest BCUT2D eigenvalue weighted by atomic mass is 10.1. The maximum Gasteiger partial charge on any atom is 0.330 e. The molecule has 1 saturated heterocycles. The van der Waals surface area contributed by atoms with E-state index in [-0.39, 0.29) is 30.5 Å². The van der Waals surface area contributed by atoms with Gasteiger partial charge in [0.2, 0.25) is 0 Å². The van der Waals surface area contributed by atoms with Crippen LogP contribution in [-0.2, 0) is 23.9 Å². The van der Waals surface area contributed by atoms with Crippen molar-refractivity contribution in [1.29, 1.82) is 0 Å². The topological polar surface area (TPSA) is 93.2 Å². The lowest BCUT2D eigenvalue weighted by molar-refractivity contribution is -0.151. The van der Waals surface area contributed by atoms with Gasteiger partial charge in [0.25, 0.3) is 5.91 Å². The summed E-state index contributed by atoms with van der Waals surface area (Å²) in [7, 11) is 0. The lowest BCUT2D eigenvalue weighted by Gasteiger charge is -2.15. The standard InChI is InChI=1S/C19H24N2O6/c1-6-9-20-10-14(22)21(18(20)25)11-26-17(24)16-13(19(16,4)5)7-8-15(23)27-12(2)3/h1,7-8,12-13,16H,9-11H2,2-5H3/b8-7-/t13-,16-/m0/s1. The third kappa shape index (κ3) is 4.48. The van der Waals surface area contributed by atoms with Crippen LogP contribution >= 0.6 is 0 Å². The maximum absolute atomic E-state index is 12.4. The van der Waals surface area contributed by atoms with Gasteiger partial charge in [-0.3, -0.25) is 9.59 Å². The smallest absolute Gasteiger partial charge is 0.330 e. The summed E-state index contributed by atoms with van der Waals surface area (Å²) in [6, 6.07) is -0.575. The molecule has 8 nitrogen and oxygen atoms in total. The Morgan fingerprint density at radius 1 is 1.37 bits per heavy atom. The van der Waals surface area contributed by atoms with Crippen molar-refractivity contribution in [1.82, 2.24) is 9.80 Å².